The summed E-state index contributed by atoms with van der Waals surface area (Å²) in [6.07, 6.45) is 6.94. The maximum atomic E-state index is 14.2. The number of aromatic amines is 2. The van der Waals surface area contributed by atoms with Crippen molar-refractivity contribution in [3.05, 3.63) is 121 Å². The van der Waals surface area contributed by atoms with Crippen molar-refractivity contribution in [2.24, 2.45) is 11.3 Å². The number of carbonyl (C=O) groups excluding carboxylic acids is 4. The number of hydrogen-bond donors (Lipinski definition) is 4. The van der Waals surface area contributed by atoms with Crippen LogP contribution in [0.3, 0.4) is 0 Å². The number of H-pyrrole nitrogens is 2. The maximum absolute atomic E-state index is 14.2. The highest BCUT2D eigenvalue weighted by atomic mass is 16.5. The van der Waals surface area contributed by atoms with Gasteiger partial charge in [0.25, 0.3) is 5.91 Å². The summed E-state index contributed by atoms with van der Waals surface area (Å²) in [6.45, 7) is 5.02. The van der Waals surface area contributed by atoms with Gasteiger partial charge in [-0.3, -0.25) is 9.59 Å². The van der Waals surface area contributed by atoms with E-state index in [-0.39, 0.29) is 35.2 Å². The summed E-state index contributed by atoms with van der Waals surface area (Å²) in [5, 5.41) is 7.66. The van der Waals surface area contributed by atoms with Gasteiger partial charge in [0.05, 0.1) is 50.1 Å². The number of nitrogens with one attached hydrogen (secondary N) is 4. The topological polar surface area (TPSA) is 175 Å². The monoisotopic (exact) mass is 848 g/mol. The molecule has 4 heterocycles. The lowest BCUT2D eigenvalue weighted by atomic mass is 9.98. The second kappa shape index (κ2) is 17.1. The van der Waals surface area contributed by atoms with Crippen molar-refractivity contribution < 1.29 is 28.7 Å². The third-order valence-electron chi connectivity index (χ3n) is 13.0. The number of hydrogen-bond acceptors (Lipinski definition) is 8. The highest BCUT2D eigenvalue weighted by molar-refractivity contribution is 5.91. The first kappa shape index (κ1) is 41.4. The highest BCUT2D eigenvalue weighted by Crippen LogP contribution is 2.58. The van der Waals surface area contributed by atoms with Crippen LogP contribution in [0.1, 0.15) is 81.3 Å². The maximum Gasteiger partial charge on any atom is 0.407 e. The second-order valence-electron chi connectivity index (χ2n) is 17.4. The number of carbonyl (C=O) groups is 4. The molecule has 4 unspecified atom stereocenters. The molecular formula is C49H52N8O6. The van der Waals surface area contributed by atoms with Crippen molar-refractivity contribution >= 4 is 34.8 Å². The molecule has 4 N–H and O–H groups in total. The van der Waals surface area contributed by atoms with Crippen LogP contribution in [-0.4, -0.2) is 87.1 Å². The van der Waals surface area contributed by atoms with E-state index in [1.165, 1.54) is 14.2 Å². The number of ether oxygens (including phenoxy) is 2. The predicted molar refractivity (Wildman–Crippen MR) is 238 cm³/mol. The van der Waals surface area contributed by atoms with Crippen LogP contribution in [0.2, 0.25) is 0 Å². The van der Waals surface area contributed by atoms with E-state index in [1.807, 2.05) is 66.4 Å². The summed E-state index contributed by atoms with van der Waals surface area (Å²) in [4.78, 5) is 72.5. The molecule has 4 aromatic carbocycles. The van der Waals surface area contributed by atoms with Crippen LogP contribution >= 0.6 is 0 Å². The summed E-state index contributed by atoms with van der Waals surface area (Å²) in [6, 6.07) is 28.4. The average Bonchev–Trinajstić information content (AvgIpc) is 3.85. The first-order chi connectivity index (χ1) is 30.5. The van der Waals surface area contributed by atoms with E-state index in [0.717, 1.165) is 88.2 Å². The molecule has 3 aliphatic rings. The van der Waals surface area contributed by atoms with Crippen LogP contribution in [0.25, 0.3) is 44.4 Å². The zero-order valence-corrected chi connectivity index (χ0v) is 35.9. The van der Waals surface area contributed by atoms with Crippen molar-refractivity contribution in [1.29, 1.82) is 0 Å². The van der Waals surface area contributed by atoms with Gasteiger partial charge in [0.2, 0.25) is 5.91 Å². The van der Waals surface area contributed by atoms with Gasteiger partial charge >= 0.3 is 12.2 Å². The fourth-order valence-corrected chi connectivity index (χ4v) is 9.28. The summed E-state index contributed by atoms with van der Waals surface area (Å²) in [5.74, 6) is 1.03. The third kappa shape index (κ3) is 8.37. The first-order valence-corrected chi connectivity index (χ1v) is 21.6. The number of methoxy groups -OCH3 is 2. The Hall–Kier alpha value is -6.96. The van der Waals surface area contributed by atoms with Crippen LogP contribution in [0.4, 0.5) is 9.59 Å². The van der Waals surface area contributed by atoms with E-state index < -0.39 is 24.3 Å². The van der Waals surface area contributed by atoms with Crippen LogP contribution < -0.4 is 10.6 Å². The van der Waals surface area contributed by atoms with E-state index in [4.69, 9.17) is 19.4 Å². The molecule has 14 heteroatoms. The zero-order valence-electron chi connectivity index (χ0n) is 35.9. The van der Waals surface area contributed by atoms with Crippen molar-refractivity contribution in [2.45, 2.75) is 70.1 Å². The lowest BCUT2D eigenvalue weighted by Gasteiger charge is -2.30. The number of amides is 4. The van der Waals surface area contributed by atoms with Crippen molar-refractivity contribution in [3.8, 4) is 33.6 Å². The summed E-state index contributed by atoms with van der Waals surface area (Å²) in [7, 11) is 2.59. The van der Waals surface area contributed by atoms with E-state index in [1.54, 1.807) is 0 Å². The number of nitrogens with zero attached hydrogens (tertiary/aromatic N) is 4. The van der Waals surface area contributed by atoms with Crippen molar-refractivity contribution in [1.82, 2.24) is 40.4 Å². The number of alkyl carbamates (subject to hydrolysis) is 2. The van der Waals surface area contributed by atoms with Crippen LogP contribution in [0.5, 0.6) is 0 Å². The molecule has 0 radical (unpaired) electrons. The molecule has 14 nitrogen and oxygen atoms in total. The van der Waals surface area contributed by atoms with Gasteiger partial charge in [0.15, 0.2) is 0 Å². The SMILES string of the molecule is COC(=O)NC(C(=O)N1CC2(CC2)CC1c1ncc(-c2ccc(-c3ccc4cc(-c5cnc(C6CCCN6C(=O)C(NC(=O)OC)C(C)C)[nH]5)ccc4c3)cc2)[nH]1)c1ccccc1. The van der Waals surface area contributed by atoms with Gasteiger partial charge in [-0.25, -0.2) is 19.6 Å². The van der Waals surface area contributed by atoms with Crippen LogP contribution in [0.15, 0.2) is 103 Å². The van der Waals surface area contributed by atoms with Gasteiger partial charge in [-0.15, -0.1) is 0 Å². The number of likely N-dealkylation sites (tertiary alicyclic amines) is 2. The first-order valence-electron chi connectivity index (χ1n) is 21.6. The summed E-state index contributed by atoms with van der Waals surface area (Å²) in [5.41, 5.74) is 6.65. The fourth-order valence-electron chi connectivity index (χ4n) is 9.28. The van der Waals surface area contributed by atoms with E-state index in [2.05, 4.69) is 81.3 Å². The highest BCUT2D eigenvalue weighted by Gasteiger charge is 2.55. The quantitative estimate of drug-likeness (QED) is 0.100. The molecular weight excluding hydrogens is 797 g/mol. The minimum Gasteiger partial charge on any atom is -0.453 e. The smallest absolute Gasteiger partial charge is 0.407 e. The Morgan fingerprint density at radius 2 is 1.29 bits per heavy atom. The van der Waals surface area contributed by atoms with Crippen molar-refractivity contribution in [2.75, 3.05) is 27.3 Å². The Morgan fingerprint density at radius 3 is 1.94 bits per heavy atom. The van der Waals surface area contributed by atoms with Gasteiger partial charge in [-0.2, -0.15) is 0 Å². The Bertz CT molecular complexity index is 2650. The molecule has 2 aliphatic heterocycles. The van der Waals surface area contributed by atoms with E-state index in [0.29, 0.717) is 18.7 Å². The minimum absolute atomic E-state index is 0.0803. The number of benzene rings is 4. The Labute approximate surface area is 365 Å². The molecule has 9 rings (SSSR count). The van der Waals surface area contributed by atoms with Gasteiger partial charge in [-0.05, 0) is 88.6 Å². The summed E-state index contributed by atoms with van der Waals surface area (Å²) >= 11 is 0. The molecule has 6 aromatic rings. The van der Waals surface area contributed by atoms with Gasteiger partial charge in [-0.1, -0.05) is 92.7 Å². The van der Waals surface area contributed by atoms with Gasteiger partial charge in [0, 0.05) is 18.7 Å². The van der Waals surface area contributed by atoms with Crippen molar-refractivity contribution in [3.63, 3.8) is 0 Å². The summed E-state index contributed by atoms with van der Waals surface area (Å²) < 4.78 is 9.66. The van der Waals surface area contributed by atoms with Crippen LogP contribution in [-0.2, 0) is 19.1 Å². The third-order valence-corrected chi connectivity index (χ3v) is 13.0. The molecule has 4 amide bonds. The molecule has 3 fully saturated rings. The molecule has 0 bridgehead atoms. The zero-order chi connectivity index (χ0) is 43.8. The second-order valence-corrected chi connectivity index (χ2v) is 17.4. The lowest BCUT2D eigenvalue weighted by Crippen LogP contribution is -2.51. The molecule has 1 spiro atoms. The van der Waals surface area contributed by atoms with E-state index in [9.17, 15) is 19.2 Å². The largest absolute Gasteiger partial charge is 0.453 e. The minimum atomic E-state index is -0.879. The Kier molecular flexibility index (Phi) is 11.2. The van der Waals surface area contributed by atoms with E-state index >= 15 is 0 Å². The van der Waals surface area contributed by atoms with Gasteiger partial charge < -0.3 is 39.9 Å². The number of imidazole rings is 2. The van der Waals surface area contributed by atoms with Gasteiger partial charge in [0.1, 0.15) is 23.7 Å². The molecule has 1 saturated carbocycles. The average molecular weight is 849 g/mol. The molecule has 1 aliphatic carbocycles. The Balaban J connectivity index is 0.886. The molecule has 2 saturated heterocycles. The molecule has 324 valence electrons. The lowest BCUT2D eigenvalue weighted by molar-refractivity contribution is -0.136. The number of rotatable bonds is 11. The number of fused-ring (bicyclic) bond motifs is 1. The standard InChI is InChI=1S/C49H52N8O6/c1-29(2)41(54-47(60)62-3)45(58)56-22-8-11-39(56)43-50-27-38(53-43)36-19-18-34-23-33(16-17-35(34)24-36)30-12-14-31(15-13-30)37-26-51-44(52-37)40-25-49(20-21-49)28-57(40)46(59)42(55-48(61)63-4)32-9-6-5-7-10-32/h5-7,9-10,12-19,23-24,26-27,29,39-42H,8,11,20-22,25,28H2,1-4H3,(H,50,53)(H,51,52)(H,54,60)(H,55,61). The van der Waals surface area contributed by atoms with Crippen LogP contribution in [0, 0.1) is 11.3 Å². The number of aromatic nitrogens is 4. The Morgan fingerprint density at radius 1 is 0.698 bits per heavy atom. The normalized spacial score (nSPS) is 18.7. The molecule has 2 aromatic heterocycles. The predicted octanol–water partition coefficient (Wildman–Crippen LogP) is 8.48. The molecule has 4 atom stereocenters. The molecule has 63 heavy (non-hydrogen) atoms. The fraction of sp³-hybridized carbons (Fsp3) is 0.347.